The summed E-state index contributed by atoms with van der Waals surface area (Å²) >= 11 is 0. The predicted octanol–water partition coefficient (Wildman–Crippen LogP) is 1.38. The lowest BCUT2D eigenvalue weighted by Crippen LogP contribution is -2.02. The molecule has 12 heavy (non-hydrogen) atoms. The van der Waals surface area contributed by atoms with Gasteiger partial charge in [-0.15, -0.1) is 0 Å². The number of rotatable bonds is 1. The van der Waals surface area contributed by atoms with Gasteiger partial charge in [0.2, 0.25) is 0 Å². The molecule has 1 aliphatic heterocycles. The van der Waals surface area contributed by atoms with Crippen LogP contribution in [0.5, 0.6) is 0 Å². The van der Waals surface area contributed by atoms with Gasteiger partial charge in [0.05, 0.1) is 19.1 Å². The van der Waals surface area contributed by atoms with Crippen molar-refractivity contribution in [1.82, 2.24) is 0 Å². The molecule has 0 aromatic heterocycles. The zero-order chi connectivity index (χ0) is 9.35. The molecule has 1 N–H and O–H groups in total. The molecule has 1 heterocycles. The molecular weight excluding hydrogens is 156 g/mol. The van der Waals surface area contributed by atoms with Gasteiger partial charge in [0.1, 0.15) is 0 Å². The van der Waals surface area contributed by atoms with Crippen molar-refractivity contribution in [1.29, 1.82) is 0 Å². The fourth-order valence-electron chi connectivity index (χ4n) is 1.43. The first-order chi connectivity index (χ1) is 5.48. The summed E-state index contributed by atoms with van der Waals surface area (Å²) in [5.74, 6) is -0.389. The fraction of sp³-hybridized carbons (Fsp3) is 0.889. The maximum atomic E-state index is 10.4. The molecule has 1 saturated heterocycles. The van der Waals surface area contributed by atoms with Gasteiger partial charge in [-0.3, -0.25) is 4.79 Å². The van der Waals surface area contributed by atoms with Gasteiger partial charge in [-0.25, -0.2) is 0 Å². The second-order valence-corrected chi connectivity index (χ2v) is 4.04. The van der Waals surface area contributed by atoms with Gasteiger partial charge in [-0.05, 0) is 11.3 Å². The molecule has 2 rings (SSSR count). The average Bonchev–Trinajstić information content (AvgIpc) is 2.72. The van der Waals surface area contributed by atoms with Crippen molar-refractivity contribution in [3.63, 3.8) is 0 Å². The van der Waals surface area contributed by atoms with E-state index in [4.69, 9.17) is 5.11 Å². The summed E-state index contributed by atoms with van der Waals surface area (Å²) in [5, 5.41) is 8.56. The highest BCUT2D eigenvalue weighted by Gasteiger charge is 2.59. The van der Waals surface area contributed by atoms with Crippen LogP contribution in [-0.4, -0.2) is 24.3 Å². The van der Waals surface area contributed by atoms with Crippen molar-refractivity contribution in [3.05, 3.63) is 0 Å². The van der Waals surface area contributed by atoms with Crippen LogP contribution < -0.4 is 0 Å². The van der Waals surface area contributed by atoms with Crippen molar-refractivity contribution < 1.29 is 14.6 Å². The highest BCUT2D eigenvalue weighted by atomic mass is 16.6. The van der Waals surface area contributed by atoms with E-state index >= 15 is 0 Å². The lowest BCUT2D eigenvalue weighted by Gasteiger charge is -1.95. The Bertz CT molecular complexity index is 181. The van der Waals surface area contributed by atoms with Crippen molar-refractivity contribution >= 4 is 5.97 Å². The summed E-state index contributed by atoms with van der Waals surface area (Å²) < 4.78 is 4.50. The zero-order valence-corrected chi connectivity index (χ0v) is 7.83. The van der Waals surface area contributed by atoms with E-state index in [1.165, 1.54) is 0 Å². The quantitative estimate of drug-likeness (QED) is 0.608. The van der Waals surface area contributed by atoms with Crippen LogP contribution in [0.25, 0.3) is 0 Å². The van der Waals surface area contributed by atoms with Gasteiger partial charge in [-0.1, -0.05) is 20.8 Å². The molecule has 3 nitrogen and oxygen atoms in total. The third kappa shape index (κ3) is 1.97. The van der Waals surface area contributed by atoms with E-state index in [0.29, 0.717) is 5.92 Å². The van der Waals surface area contributed by atoms with Gasteiger partial charge in [0, 0.05) is 0 Å². The maximum Gasteiger partial charge on any atom is 0.307 e. The monoisotopic (exact) mass is 172 g/mol. The first-order valence-electron chi connectivity index (χ1n) is 4.28. The minimum Gasteiger partial charge on any atom is -0.481 e. The molecule has 2 atom stereocenters. The molecular formula is C9H16O3. The van der Waals surface area contributed by atoms with Crippen LogP contribution in [-0.2, 0) is 9.53 Å². The molecule has 2 aliphatic rings. The lowest BCUT2D eigenvalue weighted by atomic mass is 10.1. The van der Waals surface area contributed by atoms with E-state index in [1.54, 1.807) is 0 Å². The minimum absolute atomic E-state index is 0.0475. The Kier molecular flexibility index (Phi) is 2.42. The Labute approximate surface area is 72.7 Å². The maximum absolute atomic E-state index is 10.4. The summed E-state index contributed by atoms with van der Waals surface area (Å²) in [4.78, 5) is 10.4. The largest absolute Gasteiger partial charge is 0.481 e. The van der Waals surface area contributed by atoms with Crippen LogP contribution in [0.3, 0.4) is 0 Å². The highest BCUT2D eigenvalue weighted by Crippen LogP contribution is 2.57. The van der Waals surface area contributed by atoms with Crippen molar-refractivity contribution in [2.24, 2.45) is 17.3 Å². The summed E-state index contributed by atoms with van der Waals surface area (Å²) in [6.07, 6.45) is 0. The second kappa shape index (κ2) is 3.05. The van der Waals surface area contributed by atoms with Gasteiger partial charge in [0.15, 0.2) is 0 Å². The van der Waals surface area contributed by atoms with Crippen molar-refractivity contribution in [2.75, 3.05) is 13.2 Å². The first-order valence-corrected chi connectivity index (χ1v) is 4.28. The van der Waals surface area contributed by atoms with E-state index < -0.39 is 5.97 Å². The van der Waals surface area contributed by atoms with E-state index in [9.17, 15) is 4.79 Å². The van der Waals surface area contributed by atoms with Crippen LogP contribution in [0.4, 0.5) is 0 Å². The molecule has 3 heteroatoms. The van der Waals surface area contributed by atoms with E-state index in [1.807, 2.05) is 20.8 Å². The molecule has 0 aromatic carbocycles. The van der Waals surface area contributed by atoms with Crippen molar-refractivity contribution in [3.8, 4) is 0 Å². The summed E-state index contributed by atoms with van der Waals surface area (Å²) in [5.41, 5.74) is 0.0475. The number of hydrogen-bond acceptors (Lipinski definition) is 2. The second-order valence-electron chi connectivity index (χ2n) is 4.04. The van der Waals surface area contributed by atoms with E-state index in [2.05, 4.69) is 4.74 Å². The van der Waals surface area contributed by atoms with Crippen LogP contribution in [0.1, 0.15) is 20.8 Å². The number of carboxylic acids is 1. The van der Waals surface area contributed by atoms with E-state index in [-0.39, 0.29) is 11.3 Å². The average molecular weight is 172 g/mol. The summed E-state index contributed by atoms with van der Waals surface area (Å²) in [7, 11) is 0. The minimum atomic E-state index is -0.646. The van der Waals surface area contributed by atoms with Crippen molar-refractivity contribution in [2.45, 2.75) is 20.8 Å². The smallest absolute Gasteiger partial charge is 0.307 e. The molecule has 0 amide bonds. The fourth-order valence-corrected chi connectivity index (χ4v) is 1.43. The molecule has 0 spiro atoms. The first kappa shape index (κ1) is 9.52. The molecule has 0 radical (unpaired) electrons. The number of epoxide rings is 1. The number of aliphatic carboxylic acids is 1. The molecule has 2 fully saturated rings. The molecule has 1 aliphatic carbocycles. The van der Waals surface area contributed by atoms with E-state index in [0.717, 1.165) is 13.2 Å². The van der Waals surface area contributed by atoms with Crippen LogP contribution in [0.2, 0.25) is 0 Å². The number of hydrogen-bond donors (Lipinski definition) is 1. The van der Waals surface area contributed by atoms with Crippen LogP contribution in [0.15, 0.2) is 0 Å². The normalized spacial score (nSPS) is 34.6. The Morgan fingerprint density at radius 2 is 1.83 bits per heavy atom. The molecule has 0 bridgehead atoms. The Balaban J connectivity index is 0.000000200. The third-order valence-electron chi connectivity index (χ3n) is 2.84. The zero-order valence-electron chi connectivity index (χ0n) is 7.83. The number of ether oxygens (including phenoxy) is 1. The van der Waals surface area contributed by atoms with Gasteiger partial charge in [-0.2, -0.15) is 0 Å². The van der Waals surface area contributed by atoms with Crippen LogP contribution in [0, 0.1) is 17.3 Å². The number of carboxylic acid groups (broad SMARTS) is 1. The molecule has 70 valence electrons. The lowest BCUT2D eigenvalue weighted by molar-refractivity contribution is -0.139. The standard InChI is InChI=1S/C7H12O2.C2H4O/c1-4-5(6(8)9)7(4,2)3;1-2-3-1/h4-5H,1-3H3,(H,8,9);1-2H2. The highest BCUT2D eigenvalue weighted by molar-refractivity contribution is 5.75. The summed E-state index contributed by atoms with van der Waals surface area (Å²) in [6.45, 7) is 7.98. The number of carbonyl (C=O) groups is 1. The Hall–Kier alpha value is -0.570. The summed E-state index contributed by atoms with van der Waals surface area (Å²) in [6, 6.07) is 0. The van der Waals surface area contributed by atoms with Gasteiger partial charge < -0.3 is 9.84 Å². The molecule has 1 saturated carbocycles. The topological polar surface area (TPSA) is 49.8 Å². The molecule has 2 unspecified atom stereocenters. The SMILES string of the molecule is C1CO1.CC1C(C(=O)O)C1(C)C. The Morgan fingerprint density at radius 3 is 1.83 bits per heavy atom. The van der Waals surface area contributed by atoms with Gasteiger partial charge >= 0.3 is 5.97 Å². The molecule has 0 aromatic rings. The third-order valence-corrected chi connectivity index (χ3v) is 2.84. The van der Waals surface area contributed by atoms with Gasteiger partial charge in [0.25, 0.3) is 0 Å². The van der Waals surface area contributed by atoms with Crippen LogP contribution >= 0.6 is 0 Å². The Morgan fingerprint density at radius 1 is 1.50 bits per heavy atom. The predicted molar refractivity (Wildman–Crippen MR) is 44.9 cm³/mol.